The van der Waals surface area contributed by atoms with Crippen LogP contribution in [0.5, 0.6) is 0 Å². The zero-order valence-electron chi connectivity index (χ0n) is 30.4. The van der Waals surface area contributed by atoms with Gasteiger partial charge in [-0.3, -0.25) is 9.59 Å². The Bertz CT molecular complexity index is 917. The molecule has 0 aliphatic rings. The summed E-state index contributed by atoms with van der Waals surface area (Å²) in [7, 11) is 5.36. The van der Waals surface area contributed by atoms with Crippen molar-refractivity contribution in [1.82, 2.24) is 0 Å². The van der Waals surface area contributed by atoms with E-state index in [-0.39, 0.29) is 42.7 Å². The second kappa shape index (κ2) is 30.6. The third kappa shape index (κ3) is 29.2. The van der Waals surface area contributed by atoms with Crippen LogP contribution < -0.4 is 5.11 Å². The molecule has 2 atom stereocenters. The molecule has 0 aromatic heterocycles. The average molecular weight is 662 g/mol. The molecule has 0 fully saturated rings. The van der Waals surface area contributed by atoms with Crippen LogP contribution in [0.4, 0.5) is 0 Å². The normalized spacial score (nSPS) is 13.6. The van der Waals surface area contributed by atoms with Crippen molar-refractivity contribution < 1.29 is 38.2 Å². The molecule has 8 heteroatoms. The summed E-state index contributed by atoms with van der Waals surface area (Å²) in [4.78, 5) is 36.0. The Morgan fingerprint density at radius 2 is 1.19 bits per heavy atom. The molecule has 0 spiro atoms. The number of carboxylic acid groups (broad SMARTS) is 1. The van der Waals surface area contributed by atoms with Gasteiger partial charge in [0.25, 0.3) is 0 Å². The van der Waals surface area contributed by atoms with Crippen molar-refractivity contribution in [1.29, 1.82) is 0 Å². The molecular weight excluding hydrogens is 594 g/mol. The standard InChI is InChI=1S/C39H67NO7/c1-6-8-10-11-12-13-14-15-16-17-18-19-20-21-22-23-24-25-26-27-28-30-38(42)47-35(34-46-37(41)29-9-7-2)33-45-32-31-36(39(43)44)40(3,4)5/h8,10,12-13,15-16,18-19,35-36H,6-7,9,11,14,17,20-34H2,1-5H3/b10-8-,13-12-,16-15-,19-18-. The minimum Gasteiger partial charge on any atom is -0.544 e. The average Bonchev–Trinajstić information content (AvgIpc) is 3.02. The Morgan fingerprint density at radius 1 is 0.660 bits per heavy atom. The van der Waals surface area contributed by atoms with Gasteiger partial charge < -0.3 is 28.6 Å². The Balaban J connectivity index is 4.11. The van der Waals surface area contributed by atoms with Crippen molar-refractivity contribution >= 4 is 17.9 Å². The van der Waals surface area contributed by atoms with Crippen LogP contribution in [0.15, 0.2) is 48.6 Å². The van der Waals surface area contributed by atoms with Crippen LogP contribution in [0, 0.1) is 0 Å². The monoisotopic (exact) mass is 661 g/mol. The van der Waals surface area contributed by atoms with Gasteiger partial charge in [-0.15, -0.1) is 0 Å². The molecule has 0 amide bonds. The predicted molar refractivity (Wildman–Crippen MR) is 189 cm³/mol. The van der Waals surface area contributed by atoms with Gasteiger partial charge in [0, 0.05) is 19.3 Å². The van der Waals surface area contributed by atoms with E-state index in [1.807, 2.05) is 6.92 Å². The third-order valence-corrected chi connectivity index (χ3v) is 7.73. The number of esters is 2. The molecule has 0 heterocycles. The number of rotatable bonds is 31. The van der Waals surface area contributed by atoms with E-state index in [0.29, 0.717) is 12.8 Å². The molecular formula is C39H67NO7. The van der Waals surface area contributed by atoms with Crippen LogP contribution in [-0.4, -0.2) is 75.5 Å². The SMILES string of the molecule is CC/C=C\C/C=C\C/C=C\C/C=C\CCCCCCCCCCC(=O)OC(COCCC(C(=O)[O-])[N+](C)(C)C)COC(=O)CCCC. The first-order chi connectivity index (χ1) is 22.6. The van der Waals surface area contributed by atoms with Crippen molar-refractivity contribution in [2.45, 2.75) is 142 Å². The topological polar surface area (TPSA) is 102 Å². The number of hydrogen-bond acceptors (Lipinski definition) is 7. The number of quaternary nitrogens is 1. The molecule has 0 bridgehead atoms. The number of carbonyl (C=O) groups is 3. The largest absolute Gasteiger partial charge is 0.544 e. The number of aliphatic carboxylic acids is 1. The second-order valence-electron chi connectivity index (χ2n) is 13.1. The maximum Gasteiger partial charge on any atom is 0.306 e. The number of nitrogens with zero attached hydrogens (tertiary/aromatic N) is 1. The van der Waals surface area contributed by atoms with Crippen LogP contribution in [0.3, 0.4) is 0 Å². The first-order valence-corrected chi connectivity index (χ1v) is 18.2. The molecule has 0 N–H and O–H groups in total. The fourth-order valence-corrected chi connectivity index (χ4v) is 4.86. The summed E-state index contributed by atoms with van der Waals surface area (Å²) < 4.78 is 16.8. The molecule has 0 radical (unpaired) electrons. The quantitative estimate of drug-likeness (QED) is 0.0327. The Morgan fingerprint density at radius 3 is 1.74 bits per heavy atom. The Labute approximate surface area is 286 Å². The van der Waals surface area contributed by atoms with Gasteiger partial charge >= 0.3 is 11.9 Å². The number of likely N-dealkylation sites (N-methyl/N-ethyl adjacent to an activating group) is 1. The van der Waals surface area contributed by atoms with Gasteiger partial charge in [0.15, 0.2) is 6.10 Å². The highest BCUT2D eigenvalue weighted by Gasteiger charge is 2.25. The van der Waals surface area contributed by atoms with Gasteiger partial charge in [-0.2, -0.15) is 0 Å². The smallest absolute Gasteiger partial charge is 0.306 e. The molecule has 0 rings (SSSR count). The minimum atomic E-state index is -1.13. The van der Waals surface area contributed by atoms with Crippen molar-refractivity contribution in [3.63, 3.8) is 0 Å². The molecule has 0 saturated carbocycles. The number of ether oxygens (including phenoxy) is 3. The van der Waals surface area contributed by atoms with E-state index in [9.17, 15) is 19.5 Å². The molecule has 0 aromatic carbocycles. The fourth-order valence-electron chi connectivity index (χ4n) is 4.86. The molecule has 47 heavy (non-hydrogen) atoms. The summed E-state index contributed by atoms with van der Waals surface area (Å²) >= 11 is 0. The van der Waals surface area contributed by atoms with Crippen LogP contribution >= 0.6 is 0 Å². The fraction of sp³-hybridized carbons (Fsp3) is 0.718. The van der Waals surface area contributed by atoms with E-state index >= 15 is 0 Å². The lowest BCUT2D eigenvalue weighted by Crippen LogP contribution is -2.55. The number of hydrogen-bond donors (Lipinski definition) is 0. The summed E-state index contributed by atoms with van der Waals surface area (Å²) in [5, 5.41) is 11.5. The van der Waals surface area contributed by atoms with E-state index in [0.717, 1.165) is 64.2 Å². The van der Waals surface area contributed by atoms with Crippen molar-refractivity contribution in [2.75, 3.05) is 41.0 Å². The second-order valence-corrected chi connectivity index (χ2v) is 13.1. The number of unbranched alkanes of at least 4 members (excludes halogenated alkanes) is 9. The van der Waals surface area contributed by atoms with Crippen molar-refractivity contribution in [3.8, 4) is 0 Å². The Kier molecular flexibility index (Phi) is 28.8. The lowest BCUT2D eigenvalue weighted by molar-refractivity contribution is -0.889. The van der Waals surface area contributed by atoms with Gasteiger partial charge in [-0.05, 0) is 51.4 Å². The summed E-state index contributed by atoms with van der Waals surface area (Å²) in [5.41, 5.74) is 0. The lowest BCUT2D eigenvalue weighted by Gasteiger charge is -2.34. The van der Waals surface area contributed by atoms with E-state index in [1.54, 1.807) is 21.1 Å². The maximum atomic E-state index is 12.5. The predicted octanol–water partition coefficient (Wildman–Crippen LogP) is 7.57. The minimum absolute atomic E-state index is 0.0337. The highest BCUT2D eigenvalue weighted by Crippen LogP contribution is 2.13. The summed E-state index contributed by atoms with van der Waals surface area (Å²) in [6.07, 6.45) is 33.8. The zero-order chi connectivity index (χ0) is 35.0. The number of carbonyl (C=O) groups excluding carboxylic acids is 3. The first kappa shape index (κ1) is 44.3. The maximum absolute atomic E-state index is 12.5. The number of carboxylic acids is 1. The van der Waals surface area contributed by atoms with Crippen LogP contribution in [0.25, 0.3) is 0 Å². The van der Waals surface area contributed by atoms with Crippen molar-refractivity contribution in [3.05, 3.63) is 48.6 Å². The van der Waals surface area contributed by atoms with Gasteiger partial charge in [-0.1, -0.05) is 107 Å². The van der Waals surface area contributed by atoms with Gasteiger partial charge in [-0.25, -0.2) is 0 Å². The summed E-state index contributed by atoms with van der Waals surface area (Å²) in [6, 6.07) is -0.723. The zero-order valence-corrected chi connectivity index (χ0v) is 30.4. The van der Waals surface area contributed by atoms with Crippen molar-refractivity contribution in [2.24, 2.45) is 0 Å². The molecule has 2 unspecified atom stereocenters. The molecule has 0 saturated heterocycles. The van der Waals surface area contributed by atoms with Crippen LogP contribution in [0.1, 0.15) is 129 Å². The van der Waals surface area contributed by atoms with E-state index in [2.05, 4.69) is 55.5 Å². The number of allylic oxidation sites excluding steroid dienone is 8. The summed E-state index contributed by atoms with van der Waals surface area (Å²) in [6.45, 7) is 4.27. The first-order valence-electron chi connectivity index (χ1n) is 18.2. The summed E-state index contributed by atoms with van der Waals surface area (Å²) in [5.74, 6) is -1.80. The molecule has 270 valence electrons. The lowest BCUT2D eigenvalue weighted by atomic mass is 10.1. The molecule has 0 aliphatic heterocycles. The van der Waals surface area contributed by atoms with Gasteiger partial charge in [0.05, 0.1) is 40.3 Å². The van der Waals surface area contributed by atoms with Gasteiger partial charge in [0.1, 0.15) is 12.6 Å². The van der Waals surface area contributed by atoms with E-state index in [1.165, 1.54) is 32.1 Å². The van der Waals surface area contributed by atoms with E-state index in [4.69, 9.17) is 14.2 Å². The van der Waals surface area contributed by atoms with Crippen LogP contribution in [-0.2, 0) is 28.6 Å². The highest BCUT2D eigenvalue weighted by atomic mass is 16.6. The van der Waals surface area contributed by atoms with E-state index < -0.39 is 18.1 Å². The molecule has 0 aliphatic carbocycles. The van der Waals surface area contributed by atoms with Gasteiger partial charge in [0.2, 0.25) is 0 Å². The molecule has 0 aromatic rings. The molecule has 8 nitrogen and oxygen atoms in total. The Hall–Kier alpha value is -2.71. The third-order valence-electron chi connectivity index (χ3n) is 7.73. The highest BCUT2D eigenvalue weighted by molar-refractivity contribution is 5.70. The van der Waals surface area contributed by atoms with Crippen LogP contribution in [0.2, 0.25) is 0 Å².